The van der Waals surface area contributed by atoms with Gasteiger partial charge in [0.15, 0.2) is 17.7 Å². The number of benzene rings is 2. The Morgan fingerprint density at radius 1 is 0.781 bits per heavy atom. The first-order valence-corrected chi connectivity index (χ1v) is 34.1. The van der Waals surface area contributed by atoms with E-state index in [1.54, 1.807) is 21.2 Å². The number of carbonyl (C=O) groups excluding carboxylic acids is 1. The number of hydrogen-bond donors (Lipinski definition) is 3. The molecule has 7 atom stereocenters. The number of rotatable bonds is 9. The third kappa shape index (κ3) is 14.3. The van der Waals surface area contributed by atoms with Gasteiger partial charge in [-0.05, 0) is 83.7 Å². The molecule has 0 amide bonds. The molecule has 15 nitrogen and oxygen atoms in total. The van der Waals surface area contributed by atoms with Gasteiger partial charge in [0.25, 0.3) is 0 Å². The molecule has 2 aromatic carbocycles. The number of esters is 1. The molecule has 345 valence electrons. The molecule has 0 spiro atoms. The monoisotopic (exact) mass is 1180 g/mol. The summed E-state index contributed by atoms with van der Waals surface area (Å²) in [4.78, 5) is 19.5. The van der Waals surface area contributed by atoms with E-state index in [9.17, 15) is 9.90 Å². The zero-order valence-electron chi connectivity index (χ0n) is 36.1. The maximum absolute atomic E-state index is 11.6. The van der Waals surface area contributed by atoms with Crippen molar-refractivity contribution >= 4 is 68.6 Å². The van der Waals surface area contributed by atoms with Gasteiger partial charge >= 0.3 is 53.3 Å². The van der Waals surface area contributed by atoms with E-state index in [0.717, 1.165) is 46.4 Å². The molecule has 3 fully saturated rings. The Kier molecular flexibility index (Phi) is 21.4. The number of fused-ring (bicyclic) bond motifs is 2. The second-order valence-corrected chi connectivity index (χ2v) is 30.3. The van der Waals surface area contributed by atoms with Gasteiger partial charge < -0.3 is 40.3 Å². The van der Waals surface area contributed by atoms with Gasteiger partial charge in [-0.2, -0.15) is 10.2 Å². The summed E-state index contributed by atoms with van der Waals surface area (Å²) in [7, 11) is 0. The summed E-state index contributed by atoms with van der Waals surface area (Å²) in [5, 5.41) is 19.9. The minimum atomic E-state index is -2.24. The standard InChI is InChI=1S/C20H24N4O3.C14H18O3.C6H5IN4.C4H8O.3ClH.Nd/c1-3-16-13(2)18(26-11-14-7-5-4-6-8-14)20(25,27-16)17-10-9-15-19(21)22-12-23-24(15)17;1-3-12-10(2)13(14(15)17-12)16-9-11-7-5-4-6-8-11;7-5-2-1-4-6(8)9-3-10-11(4)5;1-2-4-5-3-1;;;;/h4-10,12-13,16,18,25H,3,11H2,1-2H3,(H2,21,22,23);4-8,10,12-13H,3,9H2,1-2H3;1-3H,(H2,8,9,10);1-4H2;3*1H;/q;;;;;;;+3/p-3/t13-,16-,18-,20?;10-,12-,13-;;;;;;/m11....../s1. The molecule has 0 radical (unpaired) electrons. The van der Waals surface area contributed by atoms with Crippen molar-refractivity contribution in [2.24, 2.45) is 11.8 Å². The molecule has 5 N–H and O–H groups in total. The number of nitrogens with zero attached hydrogens (tertiary/aromatic N) is 6. The molecule has 6 aromatic rings. The molecule has 9 rings (SSSR count). The summed E-state index contributed by atoms with van der Waals surface area (Å²) in [6.07, 6.45) is 5.91. The van der Waals surface area contributed by atoms with Gasteiger partial charge in [-0.3, -0.25) is 0 Å². The van der Waals surface area contributed by atoms with Crippen LogP contribution in [0.3, 0.4) is 0 Å². The number of aromatic nitrogens is 6. The van der Waals surface area contributed by atoms with E-state index in [4.69, 9.17) is 52.6 Å². The first-order chi connectivity index (χ1) is 30.8. The van der Waals surface area contributed by atoms with Gasteiger partial charge in [-0.25, -0.2) is 23.8 Å². The molecule has 64 heavy (non-hydrogen) atoms. The van der Waals surface area contributed by atoms with Crippen LogP contribution in [0.4, 0.5) is 11.6 Å². The summed E-state index contributed by atoms with van der Waals surface area (Å²) >= 11 is -0.0536. The average Bonchev–Trinajstić information content (AvgIpc) is 4.15. The zero-order chi connectivity index (χ0) is 46.2. The first-order valence-electron chi connectivity index (χ1n) is 20.9. The molecule has 4 aromatic heterocycles. The van der Waals surface area contributed by atoms with Crippen LogP contribution in [0.25, 0.3) is 11.0 Å². The van der Waals surface area contributed by atoms with E-state index < -0.39 is 47.9 Å². The fourth-order valence-corrected chi connectivity index (χ4v) is 8.03. The zero-order valence-corrected chi connectivity index (χ0v) is 43.7. The van der Waals surface area contributed by atoms with Crippen LogP contribution in [0.15, 0.2) is 97.6 Å². The SMILES string of the molecule is C1CCOC1.CC[C@H]1OC(=O)[C@H](OCc2ccccc2)[C@@H]1C.CC[C@H]1OC(O)(c2ccc3c(N)ncnn23)[C@H](OCc2ccccc2)[C@@H]1C.Nc1ncnn2c(I)ccc12.[Cl][Nd]([Cl])[Cl]. The van der Waals surface area contributed by atoms with Crippen molar-refractivity contribution in [3.05, 3.63) is 118 Å². The van der Waals surface area contributed by atoms with Crippen molar-refractivity contribution in [2.75, 3.05) is 24.7 Å². The fourth-order valence-electron chi connectivity index (χ4n) is 7.47. The van der Waals surface area contributed by atoms with Crippen molar-refractivity contribution in [3.8, 4) is 0 Å². The molecule has 20 heteroatoms. The van der Waals surface area contributed by atoms with E-state index in [2.05, 4.69) is 42.8 Å². The van der Waals surface area contributed by atoms with Gasteiger partial charge in [0.2, 0.25) is 5.79 Å². The molecule has 7 heterocycles. The summed E-state index contributed by atoms with van der Waals surface area (Å²) in [6, 6.07) is 27.1. The van der Waals surface area contributed by atoms with Crippen LogP contribution in [0, 0.1) is 45.5 Å². The predicted octanol–water partition coefficient (Wildman–Crippen LogP) is 8.81. The van der Waals surface area contributed by atoms with E-state index >= 15 is 0 Å². The van der Waals surface area contributed by atoms with Crippen molar-refractivity contribution < 1.29 is 63.5 Å². The predicted molar refractivity (Wildman–Crippen MR) is 253 cm³/mol. The van der Waals surface area contributed by atoms with Crippen LogP contribution in [0.5, 0.6) is 0 Å². The number of anilines is 2. The molecule has 3 aliphatic rings. The van der Waals surface area contributed by atoms with Gasteiger partial charge in [0.1, 0.15) is 45.3 Å². The quantitative estimate of drug-likeness (QED) is 0.0919. The molecule has 0 bridgehead atoms. The van der Waals surface area contributed by atoms with E-state index in [-0.39, 0.29) is 30.0 Å². The first kappa shape index (κ1) is 52.5. The number of aliphatic hydroxyl groups is 1. The average molecular weight is 1190 g/mol. The fraction of sp³-hybridized carbons (Fsp3) is 0.432. The summed E-state index contributed by atoms with van der Waals surface area (Å²) in [5.74, 6) is 14.2. The number of halogens is 4. The molecular formula is C44H55Cl3IN8NdO7. The number of carbonyl (C=O) groups is 1. The van der Waals surface area contributed by atoms with Crippen molar-refractivity contribution in [1.82, 2.24) is 29.2 Å². The van der Waals surface area contributed by atoms with Gasteiger partial charge in [0, 0.05) is 25.0 Å². The van der Waals surface area contributed by atoms with Crippen molar-refractivity contribution in [1.29, 1.82) is 0 Å². The third-order valence-corrected chi connectivity index (χ3v) is 11.6. The van der Waals surface area contributed by atoms with Gasteiger partial charge in [0.05, 0.1) is 19.3 Å². The van der Waals surface area contributed by atoms with E-state index in [1.807, 2.05) is 100 Å². The van der Waals surface area contributed by atoms with E-state index in [0.29, 0.717) is 36.1 Å². The van der Waals surface area contributed by atoms with Crippen LogP contribution in [0.1, 0.15) is 70.2 Å². The molecule has 1 unspecified atom stereocenters. The Bertz CT molecular complexity index is 2320. The molecule has 3 saturated heterocycles. The molecule has 0 saturated carbocycles. The Balaban J connectivity index is 0.000000176. The number of cyclic esters (lactones) is 1. The van der Waals surface area contributed by atoms with Crippen LogP contribution in [0.2, 0.25) is 0 Å². The number of nitrogen functional groups attached to an aromatic ring is 2. The summed E-state index contributed by atoms with van der Waals surface area (Å²) in [5.41, 5.74) is 15.6. The Morgan fingerprint density at radius 3 is 1.80 bits per heavy atom. The van der Waals surface area contributed by atoms with Crippen LogP contribution < -0.4 is 11.5 Å². The molecule has 0 aliphatic carbocycles. The minimum absolute atomic E-state index is 0.00303. The topological polar surface area (TPSA) is 196 Å². The van der Waals surface area contributed by atoms with E-state index in [1.165, 1.54) is 25.5 Å². The Labute approximate surface area is 408 Å². The summed E-state index contributed by atoms with van der Waals surface area (Å²) < 4.78 is 32.5. The second kappa shape index (κ2) is 26.2. The van der Waals surface area contributed by atoms with Crippen LogP contribution in [-0.2, 0) is 47.5 Å². The normalized spacial score (nSPS) is 23.4. The summed E-state index contributed by atoms with van der Waals surface area (Å²) in [6.45, 7) is 11.0. The molecular weight excluding hydrogens is 1130 g/mol. The third-order valence-electron chi connectivity index (χ3n) is 10.8. The number of ether oxygens (including phenoxy) is 5. The second-order valence-electron chi connectivity index (χ2n) is 15.1. The van der Waals surface area contributed by atoms with Gasteiger partial charge in [-0.15, -0.1) is 0 Å². The van der Waals surface area contributed by atoms with Crippen molar-refractivity contribution in [2.45, 2.75) is 96.8 Å². The number of nitrogens with two attached hydrogens (primary N) is 2. The molecule has 3 aliphatic heterocycles. The van der Waals surface area contributed by atoms with Crippen molar-refractivity contribution in [3.63, 3.8) is 0 Å². The maximum atomic E-state index is 11.6. The Morgan fingerprint density at radius 2 is 1.30 bits per heavy atom. The number of hydrogen-bond acceptors (Lipinski definition) is 13. The van der Waals surface area contributed by atoms with Crippen LogP contribution in [-0.4, -0.2) is 77.9 Å². The van der Waals surface area contributed by atoms with Gasteiger partial charge in [-0.1, -0.05) is 88.4 Å². The Hall–Kier alpha value is -2.50. The van der Waals surface area contributed by atoms with Crippen LogP contribution >= 0.6 is 40.0 Å².